The van der Waals surface area contributed by atoms with E-state index in [2.05, 4.69) is 156 Å². The molecular weight excluding hydrogens is 1150 g/mol. The number of phenolic OH excluding ortho intramolecular Hbond substituents is 7. The number of rotatable bonds is 5. The van der Waals surface area contributed by atoms with Crippen LogP contribution in [0.1, 0.15) is 94.5 Å². The average Bonchev–Trinajstić information content (AvgIpc) is 1.55. The monoisotopic (exact) mass is 1230 g/mol. The molecule has 12 aromatic carbocycles. The van der Waals surface area contributed by atoms with Crippen molar-refractivity contribution in [1.82, 2.24) is 0 Å². The highest BCUT2D eigenvalue weighted by atomic mass is 16.3. The Morgan fingerprint density at radius 2 is 0.731 bits per heavy atom. The largest absolute Gasteiger partial charge is 0.508 e. The van der Waals surface area contributed by atoms with Gasteiger partial charge < -0.3 is 40.9 Å². The molecule has 0 spiro atoms. The van der Waals surface area contributed by atoms with Gasteiger partial charge in [-0.15, -0.1) is 0 Å². The van der Waals surface area contributed by atoms with Gasteiger partial charge in [-0.05, 0) is 209 Å². The fourth-order valence-corrected chi connectivity index (χ4v) is 11.7. The summed E-state index contributed by atoms with van der Waals surface area (Å²) >= 11 is 0. The highest BCUT2D eigenvalue weighted by Gasteiger charge is 2.46. The van der Waals surface area contributed by atoms with Crippen molar-refractivity contribution in [2.24, 2.45) is 0 Å². The highest BCUT2D eigenvalue weighted by molar-refractivity contribution is 6.09. The lowest BCUT2D eigenvalue weighted by Crippen LogP contribution is -2.28. The van der Waals surface area contributed by atoms with Gasteiger partial charge in [0.15, 0.2) is 34.5 Å². The minimum atomic E-state index is -0.560. The molecule has 93 heavy (non-hydrogen) atoms. The number of aliphatic hydroxyl groups is 1. The molecule has 12 aromatic rings. The van der Waals surface area contributed by atoms with Gasteiger partial charge in [0, 0.05) is 16.7 Å². The van der Waals surface area contributed by atoms with Crippen molar-refractivity contribution >= 4 is 43.1 Å². The van der Waals surface area contributed by atoms with Crippen LogP contribution in [-0.4, -0.2) is 40.9 Å². The lowest BCUT2D eigenvalue weighted by Gasteiger charge is -2.34. The van der Waals surface area contributed by atoms with E-state index in [1.165, 1.54) is 55.1 Å². The number of aliphatic hydroxyl groups excluding tert-OH is 1. The van der Waals surface area contributed by atoms with E-state index in [1.54, 1.807) is 51.1 Å². The van der Waals surface area contributed by atoms with Crippen LogP contribution in [0.2, 0.25) is 0 Å². The van der Waals surface area contributed by atoms with E-state index in [-0.39, 0.29) is 40.3 Å². The van der Waals surface area contributed by atoms with Crippen molar-refractivity contribution < 1.29 is 40.9 Å². The predicted molar refractivity (Wildman–Crippen MR) is 391 cm³/mol. The zero-order valence-corrected chi connectivity index (χ0v) is 55.5. The summed E-state index contributed by atoms with van der Waals surface area (Å²) in [7, 11) is 0. The predicted octanol–water partition coefficient (Wildman–Crippen LogP) is 22.2. The Labute approximate surface area is 548 Å². The van der Waals surface area contributed by atoms with Gasteiger partial charge >= 0.3 is 0 Å². The number of hydrogen-bond acceptors (Lipinski definition) is 8. The topological polar surface area (TPSA) is 162 Å². The normalized spacial score (nSPS) is 11.2. The van der Waals surface area contributed by atoms with Crippen LogP contribution in [-0.2, 0) is 5.41 Å². The molecule has 8 nitrogen and oxygen atoms in total. The standard InChI is InChI=1S/C27H22O2.C22H18O.2C12H12O2.C5H8O.C5H8.C2H6/c1-17-8-11-21-22-12-9-18(2)15-24(22)27(23(21)14-17,19-6-4-3-5-7-19)20-10-13-25(28)26(29)16-20;1-14-11-12-20(18-9-5-3-7-16(14)18)22-19-10-6-4-8-17(19)15(2)13-21(22)23;1-7-3-4-8(2)10-6-12(14)11(13)5-9(7)10;1-7-9-5-3-4-6-10(9)8(2)12(14)11(7)13;1-4(2)5(3)6;1-4-5(2)3;1-2/h3-16,28-29H,1-2H3;3-13,23H,1-2H3;2*3-6,13-14H,1-2H3;6H,1,3H2,2H3;4H,1-2H2,3H3;1-2H3. The molecule has 8 N–H and O–H groups in total. The summed E-state index contributed by atoms with van der Waals surface area (Å²) in [4.78, 5) is 0. The molecule has 8 heteroatoms. The molecule has 0 aliphatic heterocycles. The minimum Gasteiger partial charge on any atom is -0.508 e. The summed E-state index contributed by atoms with van der Waals surface area (Å²) in [5, 5.41) is 86.0. The van der Waals surface area contributed by atoms with E-state index in [4.69, 9.17) is 5.11 Å². The van der Waals surface area contributed by atoms with E-state index in [0.29, 0.717) is 11.3 Å². The van der Waals surface area contributed by atoms with Gasteiger partial charge in [-0.25, -0.2) is 0 Å². The molecule has 0 radical (unpaired) electrons. The summed E-state index contributed by atoms with van der Waals surface area (Å²) in [6.45, 7) is 37.2. The smallest absolute Gasteiger partial charge is 0.161 e. The second-order valence-electron chi connectivity index (χ2n) is 23.4. The molecule has 0 saturated carbocycles. The Hall–Kier alpha value is -11.0. The maximum atomic E-state index is 10.7. The fraction of sp³-hybridized carbons (Fsp3) is 0.153. The number of benzene rings is 12. The molecule has 0 bridgehead atoms. The Morgan fingerprint density at radius 3 is 1.17 bits per heavy atom. The Morgan fingerprint density at radius 1 is 0.355 bits per heavy atom. The Balaban J connectivity index is 0.000000171. The molecule has 0 saturated heterocycles. The van der Waals surface area contributed by atoms with Gasteiger partial charge in [0.05, 0.1) is 5.41 Å². The van der Waals surface area contributed by atoms with Gasteiger partial charge in [-0.3, -0.25) is 0 Å². The van der Waals surface area contributed by atoms with Crippen molar-refractivity contribution in [3.63, 3.8) is 0 Å². The summed E-state index contributed by atoms with van der Waals surface area (Å²) in [6.07, 6.45) is 1.72. The molecule has 0 heterocycles. The van der Waals surface area contributed by atoms with Crippen molar-refractivity contribution in [1.29, 1.82) is 0 Å². The molecular formula is C85H86O8. The lowest BCUT2D eigenvalue weighted by atomic mass is 9.67. The maximum absolute atomic E-state index is 10.7. The zero-order chi connectivity index (χ0) is 68.2. The lowest BCUT2D eigenvalue weighted by molar-refractivity contribution is 0.400. The molecule has 0 aromatic heterocycles. The molecule has 0 amide bonds. The van der Waals surface area contributed by atoms with Crippen LogP contribution < -0.4 is 0 Å². The molecule has 474 valence electrons. The van der Waals surface area contributed by atoms with Crippen LogP contribution in [0.15, 0.2) is 249 Å². The van der Waals surface area contributed by atoms with Gasteiger partial charge in [-0.1, -0.05) is 233 Å². The summed E-state index contributed by atoms with van der Waals surface area (Å²) in [5.74, 6) is 0.0435. The third-order valence-corrected chi connectivity index (χ3v) is 16.8. The number of allylic oxidation sites excluding steroid dienone is 3. The van der Waals surface area contributed by atoms with E-state index in [0.717, 1.165) is 82.6 Å². The highest BCUT2D eigenvalue weighted by Crippen LogP contribution is 2.57. The molecule has 0 atom stereocenters. The Kier molecular flexibility index (Phi) is 22.6. The van der Waals surface area contributed by atoms with Crippen molar-refractivity contribution in [3.05, 3.63) is 316 Å². The summed E-state index contributed by atoms with van der Waals surface area (Å²) < 4.78 is 0. The first-order valence-corrected chi connectivity index (χ1v) is 31.0. The molecule has 0 unspecified atom stereocenters. The van der Waals surface area contributed by atoms with Crippen LogP contribution in [0.3, 0.4) is 0 Å². The van der Waals surface area contributed by atoms with Gasteiger partial charge in [-0.2, -0.15) is 0 Å². The van der Waals surface area contributed by atoms with Crippen LogP contribution in [0, 0.1) is 55.4 Å². The molecule has 13 rings (SSSR count). The SMILES string of the molecule is C=C(C)C(=C)O.C=CC(=C)C.CC.Cc1c(O)c(O)c(C)c2ccccc12.Cc1ccc(-c2c(O)cc(C)c3ccccc23)c2ccccc12.Cc1ccc(C)c2cc(O)c(O)cc12.Cc1ccc2c(c1)C(c1ccccc1)(c1ccc(O)c(O)c1)c1cc(C)ccc1-2. The summed E-state index contributed by atoms with van der Waals surface area (Å²) in [5.41, 5.74) is 18.4. The third-order valence-electron chi connectivity index (χ3n) is 16.8. The average molecular weight is 1240 g/mol. The van der Waals surface area contributed by atoms with Crippen molar-refractivity contribution in [2.75, 3.05) is 0 Å². The number of fused-ring (bicyclic) bond motifs is 7. The molecule has 1 aliphatic rings. The second-order valence-corrected chi connectivity index (χ2v) is 23.4. The van der Waals surface area contributed by atoms with Gasteiger partial charge in [0.25, 0.3) is 0 Å². The van der Waals surface area contributed by atoms with E-state index in [1.807, 2.05) is 108 Å². The quantitative estimate of drug-likeness (QED) is 0.0480. The van der Waals surface area contributed by atoms with E-state index < -0.39 is 5.41 Å². The fourth-order valence-electron chi connectivity index (χ4n) is 11.7. The van der Waals surface area contributed by atoms with Crippen LogP contribution in [0.25, 0.3) is 65.3 Å². The third kappa shape index (κ3) is 14.8. The first kappa shape index (κ1) is 69.5. The van der Waals surface area contributed by atoms with Gasteiger partial charge in [0.1, 0.15) is 11.5 Å². The summed E-state index contributed by atoms with van der Waals surface area (Å²) in [6, 6.07) is 66.6. The molecule has 0 fully saturated rings. The zero-order valence-electron chi connectivity index (χ0n) is 55.5. The van der Waals surface area contributed by atoms with Crippen LogP contribution in [0.4, 0.5) is 0 Å². The second kappa shape index (κ2) is 30.2. The maximum Gasteiger partial charge on any atom is 0.161 e. The van der Waals surface area contributed by atoms with Crippen molar-refractivity contribution in [3.8, 4) is 62.5 Å². The minimum absolute atomic E-state index is 0.0128. The van der Waals surface area contributed by atoms with E-state index >= 15 is 0 Å². The number of aryl methyl sites for hydroxylation is 8. The van der Waals surface area contributed by atoms with E-state index in [9.17, 15) is 35.7 Å². The first-order valence-electron chi connectivity index (χ1n) is 31.0. The first-order chi connectivity index (χ1) is 44.3. The number of hydrogen-bond donors (Lipinski definition) is 8. The van der Waals surface area contributed by atoms with Crippen molar-refractivity contribution in [2.45, 2.75) is 88.5 Å². The Bertz CT molecular complexity index is 4600. The van der Waals surface area contributed by atoms with Gasteiger partial charge in [0.2, 0.25) is 0 Å². The number of aromatic hydroxyl groups is 7. The molecule has 1 aliphatic carbocycles. The van der Waals surface area contributed by atoms with Crippen LogP contribution in [0.5, 0.6) is 40.2 Å². The number of phenols is 7. The van der Waals surface area contributed by atoms with Crippen LogP contribution >= 0.6 is 0 Å².